The van der Waals surface area contributed by atoms with E-state index in [1.165, 1.54) is 11.8 Å². The molecule has 9 nitrogen and oxygen atoms in total. The summed E-state index contributed by atoms with van der Waals surface area (Å²) in [5, 5.41) is 16.0. The van der Waals surface area contributed by atoms with Crippen molar-refractivity contribution >= 4 is 17.7 Å². The Bertz CT molecular complexity index is 952. The molecule has 3 heterocycles. The molecule has 29 heavy (non-hydrogen) atoms. The van der Waals surface area contributed by atoms with E-state index >= 15 is 0 Å². The van der Waals surface area contributed by atoms with Gasteiger partial charge in [0.25, 0.3) is 5.89 Å². The molecule has 0 bridgehead atoms. The van der Waals surface area contributed by atoms with Crippen LogP contribution in [0.15, 0.2) is 40.0 Å². The summed E-state index contributed by atoms with van der Waals surface area (Å²) >= 11 is 1.33. The number of rotatable bonds is 8. The van der Waals surface area contributed by atoms with Crippen LogP contribution in [0.3, 0.4) is 0 Å². The standard InChI is InChI=1S/C19H22N6O3S/c1-2-25-17(18-21-16(24-28-18)13-7-4-3-5-8-13)22-23-19(25)29-12-15(26)20-11-14-9-6-10-27-14/h3-5,7-8,14H,2,6,9-12H2,1H3,(H,20,26)/t14-/m0/s1. The van der Waals surface area contributed by atoms with Gasteiger partial charge in [-0.15, -0.1) is 10.2 Å². The van der Waals surface area contributed by atoms with E-state index < -0.39 is 0 Å². The predicted molar refractivity (Wildman–Crippen MR) is 107 cm³/mol. The summed E-state index contributed by atoms with van der Waals surface area (Å²) in [6, 6.07) is 9.58. The van der Waals surface area contributed by atoms with Crippen molar-refractivity contribution in [3.63, 3.8) is 0 Å². The van der Waals surface area contributed by atoms with E-state index in [1.54, 1.807) is 0 Å². The number of benzene rings is 1. The summed E-state index contributed by atoms with van der Waals surface area (Å²) in [4.78, 5) is 16.6. The Morgan fingerprint density at radius 3 is 2.93 bits per heavy atom. The van der Waals surface area contributed by atoms with Crippen LogP contribution in [0.2, 0.25) is 0 Å². The number of nitrogens with zero attached hydrogens (tertiary/aromatic N) is 5. The fourth-order valence-electron chi connectivity index (χ4n) is 3.07. The van der Waals surface area contributed by atoms with Gasteiger partial charge in [0.15, 0.2) is 5.16 Å². The van der Waals surface area contributed by atoms with Crippen molar-refractivity contribution in [3.8, 4) is 23.1 Å². The molecule has 0 spiro atoms. The molecule has 1 fully saturated rings. The number of thioether (sulfide) groups is 1. The molecule has 152 valence electrons. The first-order valence-corrected chi connectivity index (χ1v) is 10.6. The molecule has 10 heteroatoms. The lowest BCUT2D eigenvalue weighted by Crippen LogP contribution is -2.32. The van der Waals surface area contributed by atoms with Crippen LogP contribution in [0, 0.1) is 0 Å². The average Bonchev–Trinajstić information content (AvgIpc) is 3.51. The number of carbonyl (C=O) groups is 1. The van der Waals surface area contributed by atoms with Crippen molar-refractivity contribution in [3.05, 3.63) is 30.3 Å². The molecule has 1 N–H and O–H groups in total. The van der Waals surface area contributed by atoms with Crippen LogP contribution in [-0.2, 0) is 16.1 Å². The van der Waals surface area contributed by atoms with Crippen molar-refractivity contribution in [2.75, 3.05) is 18.9 Å². The topological polar surface area (TPSA) is 108 Å². The first kappa shape index (κ1) is 19.6. The summed E-state index contributed by atoms with van der Waals surface area (Å²) in [5.41, 5.74) is 0.863. The van der Waals surface area contributed by atoms with E-state index in [2.05, 4.69) is 25.7 Å². The monoisotopic (exact) mass is 414 g/mol. The zero-order valence-electron chi connectivity index (χ0n) is 16.1. The van der Waals surface area contributed by atoms with Crippen LogP contribution >= 0.6 is 11.8 Å². The van der Waals surface area contributed by atoms with Crippen LogP contribution in [0.5, 0.6) is 0 Å². The van der Waals surface area contributed by atoms with Gasteiger partial charge < -0.3 is 14.6 Å². The minimum atomic E-state index is -0.0538. The van der Waals surface area contributed by atoms with Gasteiger partial charge in [-0.2, -0.15) is 4.98 Å². The lowest BCUT2D eigenvalue weighted by atomic mass is 10.2. The fourth-order valence-corrected chi connectivity index (χ4v) is 3.90. The summed E-state index contributed by atoms with van der Waals surface area (Å²) in [5.74, 6) is 1.48. The predicted octanol–water partition coefficient (Wildman–Crippen LogP) is 2.40. The maximum atomic E-state index is 12.1. The van der Waals surface area contributed by atoms with Gasteiger partial charge in [0.1, 0.15) is 0 Å². The number of nitrogens with one attached hydrogen (secondary N) is 1. The van der Waals surface area contributed by atoms with Crippen LogP contribution < -0.4 is 5.32 Å². The third-order valence-electron chi connectivity index (χ3n) is 4.57. The Hall–Kier alpha value is -2.72. The number of hydrogen-bond donors (Lipinski definition) is 1. The molecular formula is C19H22N6O3S. The van der Waals surface area contributed by atoms with Gasteiger partial charge in [-0.3, -0.25) is 9.36 Å². The minimum absolute atomic E-state index is 0.0538. The average molecular weight is 414 g/mol. The van der Waals surface area contributed by atoms with Gasteiger partial charge in [0, 0.05) is 25.3 Å². The molecule has 0 aliphatic carbocycles. The molecule has 1 aliphatic heterocycles. The Labute approximate surface area is 172 Å². The van der Waals surface area contributed by atoms with Crippen LogP contribution in [0.4, 0.5) is 0 Å². The molecule has 1 saturated heterocycles. The molecule has 1 aliphatic rings. The Balaban J connectivity index is 1.40. The fraction of sp³-hybridized carbons (Fsp3) is 0.421. The molecule has 1 amide bonds. The summed E-state index contributed by atoms with van der Waals surface area (Å²) in [7, 11) is 0. The molecule has 2 aromatic heterocycles. The lowest BCUT2D eigenvalue weighted by molar-refractivity contribution is -0.119. The van der Waals surface area contributed by atoms with Crippen LogP contribution in [0.1, 0.15) is 19.8 Å². The maximum Gasteiger partial charge on any atom is 0.296 e. The van der Waals surface area contributed by atoms with Gasteiger partial charge >= 0.3 is 0 Å². The minimum Gasteiger partial charge on any atom is -0.376 e. The molecule has 3 aromatic rings. The van der Waals surface area contributed by atoms with Gasteiger partial charge in [-0.05, 0) is 19.8 Å². The summed E-state index contributed by atoms with van der Waals surface area (Å²) in [6.07, 6.45) is 2.18. The van der Waals surface area contributed by atoms with Gasteiger partial charge in [0.2, 0.25) is 17.6 Å². The van der Waals surface area contributed by atoms with E-state index in [1.807, 2.05) is 41.8 Å². The third kappa shape index (κ3) is 4.65. The van der Waals surface area contributed by atoms with Crippen LogP contribution in [-0.4, -0.2) is 55.8 Å². The molecule has 4 rings (SSSR count). The maximum absolute atomic E-state index is 12.1. The second-order valence-corrected chi connectivity index (χ2v) is 7.51. The van der Waals surface area contributed by atoms with Crippen LogP contribution in [0.25, 0.3) is 23.1 Å². The highest BCUT2D eigenvalue weighted by Crippen LogP contribution is 2.25. The largest absolute Gasteiger partial charge is 0.376 e. The highest BCUT2D eigenvalue weighted by Gasteiger charge is 2.21. The molecule has 0 saturated carbocycles. The second-order valence-electron chi connectivity index (χ2n) is 6.57. The quantitative estimate of drug-likeness (QED) is 0.560. The molecule has 1 atom stereocenters. The van der Waals surface area contributed by atoms with E-state index in [0.717, 1.165) is 25.0 Å². The lowest BCUT2D eigenvalue weighted by Gasteiger charge is -2.10. The molecular weight excluding hydrogens is 392 g/mol. The number of carbonyl (C=O) groups excluding carboxylic acids is 1. The molecule has 0 radical (unpaired) electrons. The highest BCUT2D eigenvalue weighted by molar-refractivity contribution is 7.99. The number of amides is 1. The number of ether oxygens (including phenoxy) is 1. The Morgan fingerprint density at radius 1 is 1.31 bits per heavy atom. The first-order valence-electron chi connectivity index (χ1n) is 9.58. The zero-order chi connectivity index (χ0) is 20.1. The number of aromatic nitrogens is 5. The molecule has 1 aromatic carbocycles. The van der Waals surface area contributed by atoms with E-state index in [0.29, 0.717) is 35.8 Å². The van der Waals surface area contributed by atoms with Crippen molar-refractivity contribution in [2.24, 2.45) is 0 Å². The summed E-state index contributed by atoms with van der Waals surface area (Å²) < 4.78 is 12.8. The van der Waals surface area contributed by atoms with E-state index in [4.69, 9.17) is 9.26 Å². The SMILES string of the molecule is CCn1c(SCC(=O)NC[C@@H]2CCCO2)nnc1-c1nc(-c2ccccc2)no1. The van der Waals surface area contributed by atoms with Gasteiger partial charge in [-0.25, -0.2) is 0 Å². The highest BCUT2D eigenvalue weighted by atomic mass is 32.2. The summed E-state index contributed by atoms with van der Waals surface area (Å²) in [6.45, 7) is 3.92. The van der Waals surface area contributed by atoms with E-state index in [9.17, 15) is 4.79 Å². The number of hydrogen-bond acceptors (Lipinski definition) is 8. The first-order chi connectivity index (χ1) is 14.2. The Kier molecular flexibility index (Phi) is 6.20. The van der Waals surface area contributed by atoms with Crippen molar-refractivity contribution in [1.82, 2.24) is 30.2 Å². The van der Waals surface area contributed by atoms with Crippen molar-refractivity contribution < 1.29 is 14.1 Å². The smallest absolute Gasteiger partial charge is 0.296 e. The Morgan fingerprint density at radius 2 is 2.17 bits per heavy atom. The van der Waals surface area contributed by atoms with Gasteiger partial charge in [-0.1, -0.05) is 47.3 Å². The molecule has 0 unspecified atom stereocenters. The second kappa shape index (κ2) is 9.19. The third-order valence-corrected chi connectivity index (χ3v) is 5.53. The van der Waals surface area contributed by atoms with Crippen molar-refractivity contribution in [1.29, 1.82) is 0 Å². The van der Waals surface area contributed by atoms with E-state index in [-0.39, 0.29) is 17.8 Å². The van der Waals surface area contributed by atoms with Crippen molar-refractivity contribution in [2.45, 2.75) is 37.6 Å². The normalized spacial score (nSPS) is 16.2. The van der Waals surface area contributed by atoms with Gasteiger partial charge in [0.05, 0.1) is 11.9 Å². The zero-order valence-corrected chi connectivity index (χ0v) is 16.9.